The normalized spacial score (nSPS) is 17.0. The maximum absolute atomic E-state index is 14.0. The van der Waals surface area contributed by atoms with Gasteiger partial charge < -0.3 is 19.7 Å². The molecule has 0 aliphatic carbocycles. The molecule has 1 fully saturated rings. The second kappa shape index (κ2) is 9.73. The van der Waals surface area contributed by atoms with Gasteiger partial charge in [0.15, 0.2) is 5.96 Å². The van der Waals surface area contributed by atoms with Crippen LogP contribution in [0.15, 0.2) is 29.4 Å². The van der Waals surface area contributed by atoms with Crippen molar-refractivity contribution in [3.8, 4) is 0 Å². The second-order valence-corrected chi connectivity index (χ2v) is 7.27. The number of piperazine rings is 1. The SMILES string of the molecule is CN=C(NCc1cn2c(n1)CCCC2)N1CCN(c2cc(F)ccc2F)CC1.I. The van der Waals surface area contributed by atoms with Crippen LogP contribution in [0.25, 0.3) is 0 Å². The molecule has 0 spiro atoms. The molecule has 29 heavy (non-hydrogen) atoms. The lowest BCUT2D eigenvalue weighted by molar-refractivity contribution is 0.370. The van der Waals surface area contributed by atoms with E-state index in [1.807, 2.05) is 4.90 Å². The minimum absolute atomic E-state index is 0. The minimum Gasteiger partial charge on any atom is -0.366 e. The van der Waals surface area contributed by atoms with E-state index in [0.29, 0.717) is 38.4 Å². The molecule has 6 nitrogen and oxygen atoms in total. The number of rotatable bonds is 3. The zero-order valence-corrected chi connectivity index (χ0v) is 18.9. The standard InChI is InChI=1S/C20H26F2N6.HI/c1-23-20(24-13-16-14-28-7-3-2-4-19(28)25-16)27-10-8-26(9-11-27)18-12-15(21)5-6-17(18)22;/h5-6,12,14H,2-4,7-11,13H2,1H3,(H,23,24);1H. The molecule has 2 aromatic rings. The van der Waals surface area contributed by atoms with E-state index < -0.39 is 5.82 Å². The van der Waals surface area contributed by atoms with E-state index in [1.165, 1.54) is 30.8 Å². The first-order chi connectivity index (χ1) is 13.6. The molecule has 0 atom stereocenters. The van der Waals surface area contributed by atoms with Gasteiger partial charge in [0.1, 0.15) is 17.5 Å². The van der Waals surface area contributed by atoms with E-state index in [9.17, 15) is 8.78 Å². The average molecular weight is 516 g/mol. The number of halogens is 3. The van der Waals surface area contributed by atoms with Crippen LogP contribution in [0.1, 0.15) is 24.4 Å². The number of hydrogen-bond acceptors (Lipinski definition) is 3. The monoisotopic (exact) mass is 516 g/mol. The summed E-state index contributed by atoms with van der Waals surface area (Å²) in [7, 11) is 1.76. The Morgan fingerprint density at radius 1 is 1.14 bits per heavy atom. The van der Waals surface area contributed by atoms with Gasteiger partial charge >= 0.3 is 0 Å². The molecule has 3 heterocycles. The Hall–Kier alpha value is -1.91. The average Bonchev–Trinajstić information content (AvgIpc) is 3.14. The van der Waals surface area contributed by atoms with Crippen molar-refractivity contribution in [1.29, 1.82) is 0 Å². The van der Waals surface area contributed by atoms with E-state index in [2.05, 4.69) is 26.0 Å². The maximum atomic E-state index is 14.0. The van der Waals surface area contributed by atoms with Gasteiger partial charge in [-0.25, -0.2) is 13.8 Å². The fourth-order valence-electron chi connectivity index (χ4n) is 3.95. The molecule has 1 saturated heterocycles. The van der Waals surface area contributed by atoms with Gasteiger partial charge in [0.05, 0.1) is 17.9 Å². The van der Waals surface area contributed by atoms with Gasteiger partial charge in [-0.2, -0.15) is 0 Å². The third-order valence-corrected chi connectivity index (χ3v) is 5.43. The number of aromatic nitrogens is 2. The molecule has 0 bridgehead atoms. The number of fused-ring (bicyclic) bond motifs is 1. The second-order valence-electron chi connectivity index (χ2n) is 7.27. The van der Waals surface area contributed by atoms with Crippen molar-refractivity contribution < 1.29 is 8.78 Å². The smallest absolute Gasteiger partial charge is 0.194 e. The van der Waals surface area contributed by atoms with Crippen LogP contribution in [-0.2, 0) is 19.5 Å². The van der Waals surface area contributed by atoms with E-state index in [4.69, 9.17) is 4.98 Å². The van der Waals surface area contributed by atoms with E-state index >= 15 is 0 Å². The van der Waals surface area contributed by atoms with Crippen LogP contribution < -0.4 is 10.2 Å². The van der Waals surface area contributed by atoms with Gasteiger partial charge in [0.25, 0.3) is 0 Å². The summed E-state index contributed by atoms with van der Waals surface area (Å²) in [6.45, 7) is 4.28. The number of nitrogens with one attached hydrogen (secondary N) is 1. The first-order valence-electron chi connectivity index (χ1n) is 9.84. The molecule has 4 rings (SSSR count). The van der Waals surface area contributed by atoms with Crippen LogP contribution in [0.4, 0.5) is 14.5 Å². The molecule has 0 saturated carbocycles. The summed E-state index contributed by atoms with van der Waals surface area (Å²) in [5, 5.41) is 3.39. The highest BCUT2D eigenvalue weighted by molar-refractivity contribution is 14.0. The van der Waals surface area contributed by atoms with Crippen LogP contribution in [0.3, 0.4) is 0 Å². The van der Waals surface area contributed by atoms with Crippen LogP contribution in [-0.4, -0.2) is 53.6 Å². The van der Waals surface area contributed by atoms with Crippen molar-refractivity contribution in [2.45, 2.75) is 32.4 Å². The third-order valence-electron chi connectivity index (χ3n) is 5.43. The Balaban J connectivity index is 0.00000240. The summed E-state index contributed by atoms with van der Waals surface area (Å²) in [6.07, 6.45) is 5.60. The molecule has 2 aliphatic heterocycles. The Morgan fingerprint density at radius 3 is 2.66 bits per heavy atom. The zero-order valence-electron chi connectivity index (χ0n) is 16.6. The zero-order chi connectivity index (χ0) is 19.5. The molecule has 1 aromatic carbocycles. The van der Waals surface area contributed by atoms with Crippen LogP contribution >= 0.6 is 24.0 Å². The number of imidazole rings is 1. The Labute approximate surface area is 187 Å². The third kappa shape index (κ3) is 4.99. The molecule has 2 aliphatic rings. The van der Waals surface area contributed by atoms with Gasteiger partial charge in [-0.3, -0.25) is 4.99 Å². The molecule has 1 aromatic heterocycles. The summed E-state index contributed by atoms with van der Waals surface area (Å²) in [5.41, 5.74) is 1.35. The summed E-state index contributed by atoms with van der Waals surface area (Å²) in [5.74, 6) is 1.18. The summed E-state index contributed by atoms with van der Waals surface area (Å²) in [4.78, 5) is 13.1. The highest BCUT2D eigenvalue weighted by Gasteiger charge is 2.22. The molecule has 1 N–H and O–H groups in total. The molecule has 9 heteroatoms. The lowest BCUT2D eigenvalue weighted by atomic mass is 10.2. The number of anilines is 1. The van der Waals surface area contributed by atoms with Gasteiger partial charge in [-0.05, 0) is 25.0 Å². The molecular formula is C20H27F2IN6. The summed E-state index contributed by atoms with van der Waals surface area (Å²) >= 11 is 0. The first-order valence-corrected chi connectivity index (χ1v) is 9.84. The predicted octanol–water partition coefficient (Wildman–Crippen LogP) is 3.01. The van der Waals surface area contributed by atoms with Gasteiger partial charge in [0.2, 0.25) is 0 Å². The van der Waals surface area contributed by atoms with Gasteiger partial charge in [0, 0.05) is 58.5 Å². The van der Waals surface area contributed by atoms with Gasteiger partial charge in [-0.1, -0.05) is 0 Å². The number of hydrogen-bond donors (Lipinski definition) is 1. The Kier molecular flexibility index (Phi) is 7.31. The van der Waals surface area contributed by atoms with Crippen molar-refractivity contribution >= 4 is 35.6 Å². The molecular weight excluding hydrogens is 489 g/mol. The number of aliphatic imine (C=N–C) groups is 1. The highest BCUT2D eigenvalue weighted by Crippen LogP contribution is 2.22. The summed E-state index contributed by atoms with van der Waals surface area (Å²) in [6, 6.07) is 3.59. The lowest BCUT2D eigenvalue weighted by Crippen LogP contribution is -2.52. The van der Waals surface area contributed by atoms with Crippen LogP contribution in [0.5, 0.6) is 0 Å². The van der Waals surface area contributed by atoms with Crippen molar-refractivity contribution in [3.63, 3.8) is 0 Å². The fourth-order valence-corrected chi connectivity index (χ4v) is 3.95. The Bertz CT molecular complexity index is 837. The Morgan fingerprint density at radius 2 is 1.93 bits per heavy atom. The predicted molar refractivity (Wildman–Crippen MR) is 121 cm³/mol. The van der Waals surface area contributed by atoms with E-state index in [1.54, 1.807) is 7.05 Å². The van der Waals surface area contributed by atoms with Crippen molar-refractivity contribution in [1.82, 2.24) is 19.8 Å². The molecule has 0 unspecified atom stereocenters. The number of aryl methyl sites for hydroxylation is 2. The van der Waals surface area contributed by atoms with E-state index in [0.717, 1.165) is 30.7 Å². The van der Waals surface area contributed by atoms with Gasteiger partial charge in [-0.15, -0.1) is 24.0 Å². The first kappa shape index (κ1) is 21.8. The molecule has 158 valence electrons. The number of nitrogens with zero attached hydrogens (tertiary/aromatic N) is 5. The number of guanidine groups is 1. The van der Waals surface area contributed by atoms with E-state index in [-0.39, 0.29) is 29.8 Å². The lowest BCUT2D eigenvalue weighted by Gasteiger charge is -2.37. The largest absolute Gasteiger partial charge is 0.366 e. The quantitative estimate of drug-likeness (QED) is 0.387. The van der Waals surface area contributed by atoms with Crippen molar-refractivity contribution in [2.24, 2.45) is 4.99 Å². The maximum Gasteiger partial charge on any atom is 0.194 e. The molecule has 0 radical (unpaired) electrons. The minimum atomic E-state index is -0.418. The fraction of sp³-hybridized carbons (Fsp3) is 0.500. The summed E-state index contributed by atoms with van der Waals surface area (Å²) < 4.78 is 29.7. The van der Waals surface area contributed by atoms with Crippen molar-refractivity contribution in [2.75, 3.05) is 38.1 Å². The van der Waals surface area contributed by atoms with Crippen LogP contribution in [0.2, 0.25) is 0 Å². The van der Waals surface area contributed by atoms with Crippen LogP contribution in [0, 0.1) is 11.6 Å². The van der Waals surface area contributed by atoms with Crippen molar-refractivity contribution in [3.05, 3.63) is 47.5 Å². The highest BCUT2D eigenvalue weighted by atomic mass is 127. The topological polar surface area (TPSA) is 48.7 Å². The molecule has 0 amide bonds. The number of benzene rings is 1.